The first-order chi connectivity index (χ1) is 15.3. The van der Waals surface area contributed by atoms with Crippen LogP contribution in [0.15, 0.2) is 12.1 Å². The molecule has 1 aromatic carbocycles. The minimum absolute atomic E-state index is 0.0231. The fourth-order valence-electron chi connectivity index (χ4n) is 2.94. The summed E-state index contributed by atoms with van der Waals surface area (Å²) in [5.41, 5.74) is -0.153. The highest BCUT2D eigenvalue weighted by Crippen LogP contribution is 2.43. The van der Waals surface area contributed by atoms with Crippen molar-refractivity contribution in [2.45, 2.75) is 45.2 Å². The van der Waals surface area contributed by atoms with Gasteiger partial charge in [0.25, 0.3) is 0 Å². The van der Waals surface area contributed by atoms with E-state index in [0.717, 1.165) is 4.90 Å². The van der Waals surface area contributed by atoms with Crippen LogP contribution in [0.3, 0.4) is 0 Å². The first kappa shape index (κ1) is 7.75. The highest BCUT2D eigenvalue weighted by atomic mass is 16.5. The average Bonchev–Trinajstić information content (AvgIpc) is 2.68. The van der Waals surface area contributed by atoms with Gasteiger partial charge in [0, 0.05) is 25.9 Å². The van der Waals surface area contributed by atoms with Crippen molar-refractivity contribution in [1.82, 2.24) is 4.90 Å². The number of nitrogens with zero attached hydrogens (tertiary/aromatic N) is 1. The van der Waals surface area contributed by atoms with Crippen LogP contribution in [0.25, 0.3) is 0 Å². The van der Waals surface area contributed by atoms with Gasteiger partial charge in [0.2, 0.25) is 0 Å². The van der Waals surface area contributed by atoms with Gasteiger partial charge in [-0.15, -0.1) is 0 Å². The molecule has 1 fully saturated rings. The fourth-order valence-corrected chi connectivity index (χ4v) is 2.94. The lowest BCUT2D eigenvalue weighted by molar-refractivity contribution is -0.0191. The molecule has 2 heterocycles. The zero-order chi connectivity index (χ0) is 26.2. The van der Waals surface area contributed by atoms with E-state index in [1.165, 1.54) is 7.11 Å². The summed E-state index contributed by atoms with van der Waals surface area (Å²) in [7, 11) is -1.86. The second kappa shape index (κ2) is 6.70. The number of hydrogen-bond donors (Lipinski definition) is 1. The topological polar surface area (TPSA) is 41.9 Å². The summed E-state index contributed by atoms with van der Waals surface area (Å²) in [6.07, 6.45) is -6.59. The van der Waals surface area contributed by atoms with Crippen molar-refractivity contribution >= 4 is 0 Å². The summed E-state index contributed by atoms with van der Waals surface area (Å²) < 4.78 is 102. The van der Waals surface area contributed by atoms with Crippen molar-refractivity contribution in [3.8, 4) is 11.5 Å². The molecule has 23 heavy (non-hydrogen) atoms. The average molecular weight is 331 g/mol. The van der Waals surface area contributed by atoms with Crippen LogP contribution >= 0.6 is 0 Å². The first-order valence-corrected chi connectivity index (χ1v) is 7.64. The highest BCUT2D eigenvalue weighted by molar-refractivity contribution is 5.49. The zero-order valence-electron chi connectivity index (χ0n) is 24.5. The Morgan fingerprint density at radius 3 is 2.96 bits per heavy atom. The molecule has 2 aliphatic heterocycles. The Morgan fingerprint density at radius 2 is 2.26 bits per heavy atom. The Hall–Kier alpha value is -1.26. The molecular weight excluding hydrogens is 290 g/mol. The predicted octanol–water partition coefficient (Wildman–Crippen LogP) is 3.03. The second-order valence-corrected chi connectivity index (χ2v) is 6.13. The van der Waals surface area contributed by atoms with Crippen molar-refractivity contribution < 1.29 is 29.7 Å². The number of fused-ring (bicyclic) bond motifs is 3. The van der Waals surface area contributed by atoms with Gasteiger partial charge in [-0.2, -0.15) is 0 Å². The molecule has 4 heteroatoms. The van der Waals surface area contributed by atoms with Gasteiger partial charge in [0.05, 0.1) is 28.5 Å². The lowest BCUT2D eigenvalue weighted by atomic mass is 9.79. The summed E-state index contributed by atoms with van der Waals surface area (Å²) in [4.78, 5) is 1.01. The van der Waals surface area contributed by atoms with E-state index in [-0.39, 0.29) is 48.2 Å². The van der Waals surface area contributed by atoms with Gasteiger partial charge in [-0.1, -0.05) is 13.8 Å². The van der Waals surface area contributed by atoms with E-state index in [4.69, 9.17) is 24.6 Å². The maximum Gasteiger partial charge on any atom is 0.161 e. The van der Waals surface area contributed by atoms with Crippen LogP contribution in [0.1, 0.15) is 58.9 Å². The number of ether oxygens (including phenoxy) is 2. The van der Waals surface area contributed by atoms with E-state index >= 15 is 0 Å². The fraction of sp³-hybridized carbons (Fsp3) is 0.684. The van der Waals surface area contributed by atoms with E-state index in [1.807, 2.05) is 0 Å². The molecule has 3 unspecified atom stereocenters. The Morgan fingerprint density at radius 1 is 1.48 bits per heavy atom. The molecule has 1 N–H and O–H groups in total. The maximum atomic E-state index is 11.2. The predicted molar refractivity (Wildman–Crippen MR) is 91.1 cm³/mol. The van der Waals surface area contributed by atoms with Crippen LogP contribution in [0.2, 0.25) is 0 Å². The minimum Gasteiger partial charge on any atom is -0.493 e. The molecule has 0 bridgehead atoms. The Balaban J connectivity index is 2.36. The second-order valence-electron chi connectivity index (χ2n) is 6.13. The zero-order valence-corrected chi connectivity index (χ0v) is 13.5. The van der Waals surface area contributed by atoms with Gasteiger partial charge >= 0.3 is 0 Å². The number of piperidine rings is 1. The van der Waals surface area contributed by atoms with Crippen LogP contribution in [0.4, 0.5) is 0 Å². The van der Waals surface area contributed by atoms with Crippen molar-refractivity contribution in [1.29, 1.82) is 0 Å². The van der Waals surface area contributed by atoms with Crippen LogP contribution in [-0.4, -0.2) is 43.3 Å². The van der Waals surface area contributed by atoms with E-state index in [2.05, 4.69) is 0 Å². The van der Waals surface area contributed by atoms with Gasteiger partial charge in [-0.25, -0.2) is 0 Å². The van der Waals surface area contributed by atoms with Crippen molar-refractivity contribution in [3.05, 3.63) is 23.2 Å². The molecule has 3 atom stereocenters. The summed E-state index contributed by atoms with van der Waals surface area (Å²) >= 11 is 0. The summed E-state index contributed by atoms with van der Waals surface area (Å²) in [5.74, 6) is -3.90. The van der Waals surface area contributed by atoms with E-state index in [0.29, 0.717) is 0 Å². The Bertz CT molecular complexity index is 979. The highest BCUT2D eigenvalue weighted by Gasteiger charge is 2.38. The molecule has 0 spiro atoms. The molecule has 0 aliphatic carbocycles. The third-order valence-corrected chi connectivity index (χ3v) is 3.99. The molecule has 1 saturated heterocycles. The third kappa shape index (κ3) is 3.20. The molecule has 0 saturated carbocycles. The van der Waals surface area contributed by atoms with E-state index < -0.39 is 49.7 Å². The van der Waals surface area contributed by atoms with Gasteiger partial charge < -0.3 is 14.6 Å². The largest absolute Gasteiger partial charge is 0.493 e. The minimum atomic E-state index is -3.26. The molecule has 2 aliphatic rings. The maximum absolute atomic E-state index is 11.2. The quantitative estimate of drug-likeness (QED) is 0.921. The van der Waals surface area contributed by atoms with Gasteiger partial charge in [0.15, 0.2) is 11.5 Å². The van der Waals surface area contributed by atoms with Crippen molar-refractivity contribution in [3.63, 3.8) is 0 Å². The molecular formula is C19H29NO3. The van der Waals surface area contributed by atoms with Crippen LogP contribution in [-0.2, 0) is 6.42 Å². The first-order valence-electron chi connectivity index (χ1n) is 13.1. The van der Waals surface area contributed by atoms with E-state index in [9.17, 15) is 5.11 Å². The Kier molecular flexibility index (Phi) is 2.26. The molecule has 0 radical (unpaired) electrons. The third-order valence-electron chi connectivity index (χ3n) is 3.99. The van der Waals surface area contributed by atoms with E-state index in [1.54, 1.807) is 13.8 Å². The standard InChI is InChI=1S/C19H29NO3/c1-12(2)7-14-11-20-6-5-13-8-18(22-3)19(23-4)9-15(13)16(20)10-17(14)21/h8-9,12,14,16-17,21H,5-7,10-11H2,1-4H3/i4D3,8D,9D,10D2,11D2,14D,17D. The monoisotopic (exact) mass is 330 g/mol. The molecule has 0 aromatic heterocycles. The van der Waals surface area contributed by atoms with Crippen LogP contribution in [0, 0.1) is 11.8 Å². The smallest absolute Gasteiger partial charge is 0.161 e. The lowest BCUT2D eigenvalue weighted by Gasteiger charge is -2.46. The van der Waals surface area contributed by atoms with Crippen LogP contribution < -0.4 is 9.47 Å². The molecule has 0 amide bonds. The summed E-state index contributed by atoms with van der Waals surface area (Å²) in [6, 6.07) is -2.74. The lowest BCUT2D eigenvalue weighted by Crippen LogP contribution is -2.48. The molecule has 3 rings (SSSR count). The number of rotatable bonds is 4. The molecule has 4 nitrogen and oxygen atoms in total. The van der Waals surface area contributed by atoms with Crippen molar-refractivity contribution in [2.75, 3.05) is 27.2 Å². The molecule has 1 aromatic rings. The normalized spacial score (nSPS) is 45.8. The van der Waals surface area contributed by atoms with Crippen molar-refractivity contribution in [2.24, 2.45) is 11.8 Å². The van der Waals surface area contributed by atoms with Gasteiger partial charge in [0.1, 0.15) is 0 Å². The van der Waals surface area contributed by atoms with Crippen LogP contribution in [0.5, 0.6) is 11.5 Å². The number of hydrogen-bond acceptors (Lipinski definition) is 4. The van der Waals surface area contributed by atoms with Gasteiger partial charge in [-0.05, 0) is 54.2 Å². The number of benzene rings is 1. The Labute approximate surface area is 154 Å². The summed E-state index contributed by atoms with van der Waals surface area (Å²) in [5, 5.41) is 11.2. The molecule has 128 valence electrons. The number of methoxy groups -OCH3 is 2. The summed E-state index contributed by atoms with van der Waals surface area (Å²) in [6.45, 7) is 0.484. The SMILES string of the molecule is [2H]c1c2c(c([2H])c(OC([2H])([2H])[2H])c1OC)C1N(CC2)C([2H])([2H])C([2H])(CC(C)C)C([2H])(O)C1([2H])[2H]. The van der Waals surface area contributed by atoms with Gasteiger partial charge in [-0.3, -0.25) is 4.90 Å². The number of aliphatic hydroxyl groups is 1.